The van der Waals surface area contributed by atoms with E-state index in [0.717, 1.165) is 5.56 Å². The molecule has 9 heteroatoms. The zero-order valence-electron chi connectivity index (χ0n) is 16.6. The number of halogens is 1. The minimum Gasteiger partial charge on any atom is -0.388 e. The standard InChI is InChI=1S/C20H28FN3O5/c1-11(2)24-20(27)23-10-16-18(26)19-15(29-16)7-14(28-19)8-17(25)22-9-12-3-5-13(21)6-4-12/h3-6,11,14-16,18-19,26H,7-10H2,1-2H3,(H,22,25)(H2,23,24,27)/t14-,15+,16+,18+,19-/m0/s1. The van der Waals surface area contributed by atoms with Crippen molar-refractivity contribution in [2.24, 2.45) is 0 Å². The summed E-state index contributed by atoms with van der Waals surface area (Å²) >= 11 is 0. The minimum absolute atomic E-state index is 0.0158. The number of hydrogen-bond acceptors (Lipinski definition) is 5. The fraction of sp³-hybridized carbons (Fsp3) is 0.600. The van der Waals surface area contributed by atoms with Gasteiger partial charge in [0.05, 0.1) is 18.6 Å². The van der Waals surface area contributed by atoms with E-state index in [4.69, 9.17) is 9.47 Å². The van der Waals surface area contributed by atoms with E-state index in [1.807, 2.05) is 13.8 Å². The minimum atomic E-state index is -0.869. The smallest absolute Gasteiger partial charge is 0.315 e. The lowest BCUT2D eigenvalue weighted by atomic mass is 10.1. The second kappa shape index (κ2) is 9.51. The number of benzene rings is 1. The Morgan fingerprint density at radius 3 is 2.59 bits per heavy atom. The SMILES string of the molecule is CC(C)NC(=O)NC[C@H]1O[C@@H]2C[C@@H](CC(=O)NCc3ccc(F)cc3)O[C@@H]2[C@@H]1O. The van der Waals surface area contributed by atoms with Gasteiger partial charge in [-0.1, -0.05) is 12.1 Å². The van der Waals surface area contributed by atoms with E-state index in [-0.39, 0.29) is 49.0 Å². The second-order valence-corrected chi connectivity index (χ2v) is 7.78. The number of carbonyl (C=O) groups is 2. The van der Waals surface area contributed by atoms with Crippen molar-refractivity contribution in [2.45, 2.75) is 69.8 Å². The molecule has 29 heavy (non-hydrogen) atoms. The molecule has 0 bridgehead atoms. The van der Waals surface area contributed by atoms with Crippen LogP contribution in [0.15, 0.2) is 24.3 Å². The van der Waals surface area contributed by atoms with Crippen LogP contribution >= 0.6 is 0 Å². The number of fused-ring (bicyclic) bond motifs is 1. The molecule has 1 aromatic carbocycles. The monoisotopic (exact) mass is 409 g/mol. The number of rotatable bonds is 7. The molecule has 0 saturated carbocycles. The van der Waals surface area contributed by atoms with Crippen molar-refractivity contribution < 1.29 is 28.6 Å². The van der Waals surface area contributed by atoms with Crippen molar-refractivity contribution in [3.8, 4) is 0 Å². The third-order valence-electron chi connectivity index (χ3n) is 4.98. The molecule has 0 spiro atoms. The van der Waals surface area contributed by atoms with Crippen molar-refractivity contribution in [3.63, 3.8) is 0 Å². The number of carbonyl (C=O) groups excluding carboxylic acids is 2. The summed E-state index contributed by atoms with van der Waals surface area (Å²) < 4.78 is 24.6. The van der Waals surface area contributed by atoms with Crippen LogP contribution in [-0.2, 0) is 20.8 Å². The number of aliphatic hydroxyl groups is 1. The summed E-state index contributed by atoms with van der Waals surface area (Å²) in [6.45, 7) is 4.20. The Bertz CT molecular complexity index is 715. The molecule has 0 radical (unpaired) electrons. The molecular weight excluding hydrogens is 381 g/mol. The molecule has 0 unspecified atom stereocenters. The van der Waals surface area contributed by atoms with Gasteiger partial charge in [-0.3, -0.25) is 4.79 Å². The first-order valence-corrected chi connectivity index (χ1v) is 9.86. The summed E-state index contributed by atoms with van der Waals surface area (Å²) in [5.74, 6) is -0.504. The summed E-state index contributed by atoms with van der Waals surface area (Å²) in [7, 11) is 0. The quantitative estimate of drug-likeness (QED) is 0.533. The molecule has 1 aromatic rings. The molecule has 2 heterocycles. The zero-order chi connectivity index (χ0) is 21.0. The van der Waals surface area contributed by atoms with Gasteiger partial charge in [0, 0.05) is 25.6 Å². The Balaban J connectivity index is 1.39. The van der Waals surface area contributed by atoms with E-state index in [1.54, 1.807) is 12.1 Å². The van der Waals surface area contributed by atoms with Crippen LogP contribution in [0.5, 0.6) is 0 Å². The van der Waals surface area contributed by atoms with E-state index in [1.165, 1.54) is 12.1 Å². The van der Waals surface area contributed by atoms with Gasteiger partial charge in [-0.2, -0.15) is 0 Å². The zero-order valence-corrected chi connectivity index (χ0v) is 16.6. The van der Waals surface area contributed by atoms with Crippen molar-refractivity contribution in [1.29, 1.82) is 0 Å². The maximum atomic E-state index is 12.9. The first-order valence-electron chi connectivity index (χ1n) is 9.86. The second-order valence-electron chi connectivity index (χ2n) is 7.78. The lowest BCUT2D eigenvalue weighted by Gasteiger charge is -2.20. The fourth-order valence-corrected chi connectivity index (χ4v) is 3.60. The van der Waals surface area contributed by atoms with Gasteiger partial charge >= 0.3 is 6.03 Å². The number of amides is 3. The summed E-state index contributed by atoms with van der Waals surface area (Å²) in [5.41, 5.74) is 0.805. The molecule has 3 rings (SSSR count). The molecule has 5 atom stereocenters. The average molecular weight is 409 g/mol. The molecule has 2 fully saturated rings. The van der Waals surface area contributed by atoms with Crippen molar-refractivity contribution >= 4 is 11.9 Å². The van der Waals surface area contributed by atoms with Crippen LogP contribution in [0.4, 0.5) is 9.18 Å². The van der Waals surface area contributed by atoms with Crippen molar-refractivity contribution in [2.75, 3.05) is 6.54 Å². The first kappa shape index (κ1) is 21.5. The molecule has 2 saturated heterocycles. The molecule has 160 valence electrons. The van der Waals surface area contributed by atoms with E-state index in [2.05, 4.69) is 16.0 Å². The van der Waals surface area contributed by atoms with Crippen LogP contribution < -0.4 is 16.0 Å². The topological polar surface area (TPSA) is 109 Å². The van der Waals surface area contributed by atoms with E-state index < -0.39 is 18.3 Å². The Kier molecular flexibility index (Phi) is 7.05. The molecule has 4 N–H and O–H groups in total. The van der Waals surface area contributed by atoms with Crippen molar-refractivity contribution in [1.82, 2.24) is 16.0 Å². The van der Waals surface area contributed by atoms with E-state index in [0.29, 0.717) is 13.0 Å². The van der Waals surface area contributed by atoms with Gasteiger partial charge in [-0.25, -0.2) is 9.18 Å². The molecule has 2 aliphatic rings. The van der Waals surface area contributed by atoms with Crippen LogP contribution in [0.3, 0.4) is 0 Å². The lowest BCUT2D eigenvalue weighted by molar-refractivity contribution is -0.124. The van der Waals surface area contributed by atoms with Crippen molar-refractivity contribution in [3.05, 3.63) is 35.6 Å². The van der Waals surface area contributed by atoms with Gasteiger partial charge in [0.2, 0.25) is 5.91 Å². The van der Waals surface area contributed by atoms with Gasteiger partial charge in [0.1, 0.15) is 24.1 Å². The molecule has 3 amide bonds. The Morgan fingerprint density at radius 1 is 1.21 bits per heavy atom. The van der Waals surface area contributed by atoms with Crippen LogP contribution in [0.1, 0.15) is 32.3 Å². The third kappa shape index (κ3) is 5.88. The highest BCUT2D eigenvalue weighted by molar-refractivity contribution is 5.76. The summed E-state index contributed by atoms with van der Waals surface area (Å²) in [5, 5.41) is 18.6. The molecule has 0 aliphatic carbocycles. The Morgan fingerprint density at radius 2 is 1.93 bits per heavy atom. The van der Waals surface area contributed by atoms with E-state index >= 15 is 0 Å². The highest BCUT2D eigenvalue weighted by Gasteiger charge is 2.50. The maximum absolute atomic E-state index is 12.9. The summed E-state index contributed by atoms with van der Waals surface area (Å²) in [6, 6.07) is 5.63. The highest BCUT2D eigenvalue weighted by Crippen LogP contribution is 2.35. The Hall–Kier alpha value is -2.23. The molecule has 2 aliphatic heterocycles. The van der Waals surface area contributed by atoms with Crippen LogP contribution in [0.25, 0.3) is 0 Å². The predicted molar refractivity (Wildman–Crippen MR) is 102 cm³/mol. The number of nitrogens with one attached hydrogen (secondary N) is 3. The van der Waals surface area contributed by atoms with Gasteiger partial charge < -0.3 is 30.5 Å². The number of aliphatic hydroxyl groups excluding tert-OH is 1. The number of hydrogen-bond donors (Lipinski definition) is 4. The Labute approximate surface area is 169 Å². The fourth-order valence-electron chi connectivity index (χ4n) is 3.60. The van der Waals surface area contributed by atoms with Crippen LogP contribution in [-0.4, -0.2) is 60.2 Å². The normalized spacial score (nSPS) is 28.2. The molecule has 8 nitrogen and oxygen atoms in total. The van der Waals surface area contributed by atoms with Gasteiger partial charge in [-0.15, -0.1) is 0 Å². The van der Waals surface area contributed by atoms with Gasteiger partial charge in [0.15, 0.2) is 0 Å². The predicted octanol–water partition coefficient (Wildman–Crippen LogP) is 0.825. The first-order chi connectivity index (χ1) is 13.8. The average Bonchev–Trinajstić information content (AvgIpc) is 3.17. The number of ether oxygens (including phenoxy) is 2. The summed E-state index contributed by atoms with van der Waals surface area (Å²) in [6.07, 6.45) is -1.91. The molecular formula is C20H28FN3O5. The largest absolute Gasteiger partial charge is 0.388 e. The van der Waals surface area contributed by atoms with Gasteiger partial charge in [-0.05, 0) is 31.5 Å². The maximum Gasteiger partial charge on any atom is 0.315 e. The third-order valence-corrected chi connectivity index (χ3v) is 4.98. The highest BCUT2D eigenvalue weighted by atomic mass is 19.1. The van der Waals surface area contributed by atoms with E-state index in [9.17, 15) is 19.1 Å². The summed E-state index contributed by atoms with van der Waals surface area (Å²) in [4.78, 5) is 23.8. The van der Waals surface area contributed by atoms with Gasteiger partial charge in [0.25, 0.3) is 0 Å². The van der Waals surface area contributed by atoms with Crippen LogP contribution in [0, 0.1) is 5.82 Å². The molecule has 0 aromatic heterocycles. The van der Waals surface area contributed by atoms with Crippen LogP contribution in [0.2, 0.25) is 0 Å². The lowest BCUT2D eigenvalue weighted by Crippen LogP contribution is -2.45. The number of urea groups is 1.